The summed E-state index contributed by atoms with van der Waals surface area (Å²) in [7, 11) is 0. The average Bonchev–Trinajstić information content (AvgIpc) is 3.39. The molecule has 3 atom stereocenters. The maximum atomic E-state index is 14.8. The van der Waals surface area contributed by atoms with Crippen molar-refractivity contribution in [3.8, 4) is 0 Å². The van der Waals surface area contributed by atoms with E-state index >= 15 is 0 Å². The summed E-state index contributed by atoms with van der Waals surface area (Å²) >= 11 is 0. The third kappa shape index (κ3) is 3.63. The van der Waals surface area contributed by atoms with Gasteiger partial charge in [0.2, 0.25) is 5.91 Å². The Morgan fingerprint density at radius 2 is 1.72 bits per heavy atom. The van der Waals surface area contributed by atoms with Crippen LogP contribution in [0, 0.1) is 17.6 Å². The predicted octanol–water partition coefficient (Wildman–Crippen LogP) is 2.18. The van der Waals surface area contributed by atoms with Crippen molar-refractivity contribution in [2.75, 3.05) is 36.0 Å². The van der Waals surface area contributed by atoms with Crippen LogP contribution in [-0.2, 0) is 14.3 Å². The second-order valence-corrected chi connectivity index (χ2v) is 8.26. The Hall–Kier alpha value is -2.42. The summed E-state index contributed by atoms with van der Waals surface area (Å²) in [6.07, 6.45) is 2.37. The van der Waals surface area contributed by atoms with Crippen LogP contribution >= 0.6 is 0 Å². The molecule has 1 aromatic carbocycles. The first-order valence-electron chi connectivity index (χ1n) is 10.1. The molecule has 29 heavy (non-hydrogen) atoms. The molecule has 9 heteroatoms. The largest absolute Gasteiger partial charge is 0.442 e. The molecule has 5 rings (SSSR count). The molecule has 0 spiro atoms. The van der Waals surface area contributed by atoms with E-state index in [9.17, 15) is 18.4 Å². The molecule has 7 nitrogen and oxygen atoms in total. The molecule has 2 unspecified atom stereocenters. The molecular formula is C20H23F2N3O4. The lowest BCUT2D eigenvalue weighted by Crippen LogP contribution is -2.43. The van der Waals surface area contributed by atoms with Crippen LogP contribution in [0.3, 0.4) is 0 Å². The van der Waals surface area contributed by atoms with E-state index in [4.69, 9.17) is 9.47 Å². The number of halogens is 2. The van der Waals surface area contributed by atoms with E-state index < -0.39 is 23.8 Å². The van der Waals surface area contributed by atoms with Crippen molar-refractivity contribution in [1.29, 1.82) is 0 Å². The smallest absolute Gasteiger partial charge is 0.414 e. The van der Waals surface area contributed by atoms with E-state index in [0.717, 1.165) is 25.7 Å². The van der Waals surface area contributed by atoms with Gasteiger partial charge >= 0.3 is 6.09 Å². The van der Waals surface area contributed by atoms with Crippen molar-refractivity contribution < 1.29 is 27.8 Å². The van der Waals surface area contributed by atoms with Gasteiger partial charge in [0.25, 0.3) is 0 Å². The molecule has 156 valence electrons. The van der Waals surface area contributed by atoms with E-state index in [0.29, 0.717) is 13.1 Å². The second kappa shape index (κ2) is 7.12. The second-order valence-electron chi connectivity index (χ2n) is 8.26. The molecule has 3 saturated heterocycles. The number of carbonyl (C=O) groups excluding carboxylic acids is 2. The van der Waals surface area contributed by atoms with Crippen molar-refractivity contribution in [2.24, 2.45) is 5.92 Å². The average molecular weight is 407 g/mol. The maximum absolute atomic E-state index is 14.8. The van der Waals surface area contributed by atoms with Gasteiger partial charge < -0.3 is 19.7 Å². The zero-order valence-corrected chi connectivity index (χ0v) is 15.9. The SMILES string of the molecule is O=C(NC[C@H]1CN(c2cc(F)c(N3CC4CCC(C3)O4)c(F)c2)C(=O)O1)C1CC1. The number of ether oxygens (including phenoxy) is 2. The normalized spacial score (nSPS) is 28.6. The fourth-order valence-corrected chi connectivity index (χ4v) is 4.35. The number of hydrogen-bond acceptors (Lipinski definition) is 5. The van der Waals surface area contributed by atoms with Crippen LogP contribution in [0.2, 0.25) is 0 Å². The standard InChI is InChI=1S/C20H23F2N3O4/c21-16-5-12(6-17(22)18(16)24-8-13-3-4-14(9-24)28-13)25-10-15(29-20(25)27)7-23-19(26)11-1-2-11/h5-6,11,13-15H,1-4,7-10H2,(H,23,26)/t13?,14?,15-/m0/s1. The van der Waals surface area contributed by atoms with E-state index in [-0.39, 0.29) is 48.5 Å². The fourth-order valence-electron chi connectivity index (χ4n) is 4.35. The number of nitrogens with zero attached hydrogens (tertiary/aromatic N) is 2. The lowest BCUT2D eigenvalue weighted by molar-refractivity contribution is -0.122. The minimum Gasteiger partial charge on any atom is -0.442 e. The molecule has 1 saturated carbocycles. The molecule has 3 heterocycles. The number of carbonyl (C=O) groups is 2. The number of anilines is 2. The van der Waals surface area contributed by atoms with Crippen molar-refractivity contribution in [3.63, 3.8) is 0 Å². The zero-order chi connectivity index (χ0) is 20.1. The Morgan fingerprint density at radius 1 is 1.07 bits per heavy atom. The number of nitrogens with one attached hydrogen (secondary N) is 1. The highest BCUT2D eigenvalue weighted by molar-refractivity contribution is 5.90. The first kappa shape index (κ1) is 18.6. The van der Waals surface area contributed by atoms with Gasteiger partial charge in [-0.15, -0.1) is 0 Å². The Morgan fingerprint density at radius 3 is 2.34 bits per heavy atom. The van der Waals surface area contributed by atoms with Gasteiger partial charge in [-0.3, -0.25) is 9.69 Å². The molecule has 1 aromatic rings. The molecule has 0 aromatic heterocycles. The maximum Gasteiger partial charge on any atom is 0.414 e. The predicted molar refractivity (Wildman–Crippen MR) is 99.8 cm³/mol. The van der Waals surface area contributed by atoms with Gasteiger partial charge in [0.1, 0.15) is 11.8 Å². The van der Waals surface area contributed by atoms with Crippen LogP contribution in [0.5, 0.6) is 0 Å². The highest BCUT2D eigenvalue weighted by Gasteiger charge is 2.38. The third-order valence-electron chi connectivity index (χ3n) is 6.00. The van der Waals surface area contributed by atoms with Crippen LogP contribution in [-0.4, -0.2) is 56.5 Å². The summed E-state index contributed by atoms with van der Waals surface area (Å²) in [5.41, 5.74) is 0.0377. The Balaban J connectivity index is 1.28. The van der Waals surface area contributed by atoms with Crippen LogP contribution in [0.15, 0.2) is 12.1 Å². The van der Waals surface area contributed by atoms with Gasteiger partial charge in [-0.2, -0.15) is 0 Å². The number of hydrogen-bond donors (Lipinski definition) is 1. The first-order valence-corrected chi connectivity index (χ1v) is 10.1. The van der Waals surface area contributed by atoms with E-state index in [1.165, 1.54) is 17.0 Å². The van der Waals surface area contributed by atoms with Crippen LogP contribution in [0.1, 0.15) is 25.7 Å². The first-order chi connectivity index (χ1) is 14.0. The Kier molecular flexibility index (Phi) is 4.57. The molecule has 3 aliphatic heterocycles. The van der Waals surface area contributed by atoms with Crippen LogP contribution < -0.4 is 15.1 Å². The molecule has 0 radical (unpaired) electrons. The number of amides is 2. The summed E-state index contributed by atoms with van der Waals surface area (Å²) in [4.78, 5) is 26.8. The van der Waals surface area contributed by atoms with Crippen molar-refractivity contribution >= 4 is 23.4 Å². The van der Waals surface area contributed by atoms with E-state index in [1.807, 2.05) is 0 Å². The van der Waals surface area contributed by atoms with Crippen molar-refractivity contribution in [3.05, 3.63) is 23.8 Å². The monoisotopic (exact) mass is 407 g/mol. The van der Waals surface area contributed by atoms with E-state index in [2.05, 4.69) is 5.32 Å². The van der Waals surface area contributed by atoms with E-state index in [1.54, 1.807) is 4.90 Å². The number of rotatable bonds is 5. The van der Waals surface area contributed by atoms with Gasteiger partial charge in [-0.25, -0.2) is 13.6 Å². The summed E-state index contributed by atoms with van der Waals surface area (Å²) in [5.74, 6) is -1.39. The Bertz CT molecular complexity index is 812. The number of morpholine rings is 1. The summed E-state index contributed by atoms with van der Waals surface area (Å²) < 4.78 is 40.7. The molecule has 2 amide bonds. The lowest BCUT2D eigenvalue weighted by Gasteiger charge is -2.34. The highest BCUT2D eigenvalue weighted by Crippen LogP contribution is 2.35. The number of benzene rings is 1. The van der Waals surface area contributed by atoms with Crippen molar-refractivity contribution in [2.45, 2.75) is 44.0 Å². The third-order valence-corrected chi connectivity index (χ3v) is 6.00. The van der Waals surface area contributed by atoms with Crippen molar-refractivity contribution in [1.82, 2.24) is 5.32 Å². The quantitative estimate of drug-likeness (QED) is 0.810. The van der Waals surface area contributed by atoms with Crippen LogP contribution in [0.4, 0.5) is 25.0 Å². The van der Waals surface area contributed by atoms with Gasteiger partial charge in [-0.05, 0) is 25.7 Å². The van der Waals surface area contributed by atoms with Gasteiger partial charge in [0, 0.05) is 31.1 Å². The van der Waals surface area contributed by atoms with Crippen LogP contribution in [0.25, 0.3) is 0 Å². The highest BCUT2D eigenvalue weighted by atomic mass is 19.1. The molecule has 1 N–H and O–H groups in total. The topological polar surface area (TPSA) is 71.1 Å². The van der Waals surface area contributed by atoms with Gasteiger partial charge in [0.05, 0.1) is 31.0 Å². The summed E-state index contributed by atoms with van der Waals surface area (Å²) in [5, 5.41) is 2.76. The van der Waals surface area contributed by atoms with Gasteiger partial charge in [-0.1, -0.05) is 0 Å². The van der Waals surface area contributed by atoms with Gasteiger partial charge in [0.15, 0.2) is 11.6 Å². The summed E-state index contributed by atoms with van der Waals surface area (Å²) in [6.45, 7) is 1.23. The minimum absolute atomic E-state index is 0.00685. The summed E-state index contributed by atoms with van der Waals surface area (Å²) in [6, 6.07) is 2.34. The number of fused-ring (bicyclic) bond motifs is 2. The molecule has 2 bridgehead atoms. The minimum atomic E-state index is -0.709. The molecule has 4 aliphatic rings. The number of cyclic esters (lactones) is 1. The zero-order valence-electron chi connectivity index (χ0n) is 15.9. The lowest BCUT2D eigenvalue weighted by atomic mass is 10.2. The Labute approximate surface area is 166 Å². The molecular weight excluding hydrogens is 384 g/mol. The fraction of sp³-hybridized carbons (Fsp3) is 0.600. The molecule has 4 fully saturated rings. The molecule has 1 aliphatic carbocycles.